The molecule has 2 aliphatic rings. The molecule has 2 fully saturated rings. The van der Waals surface area contributed by atoms with Crippen molar-refractivity contribution in [3.8, 4) is 0 Å². The second-order valence-corrected chi connectivity index (χ2v) is 7.43. The molecule has 136 valence electrons. The molecule has 5 heteroatoms. The molecule has 0 radical (unpaired) electrons. The van der Waals surface area contributed by atoms with Crippen molar-refractivity contribution in [2.75, 3.05) is 11.9 Å². The topological polar surface area (TPSA) is 45.2 Å². The van der Waals surface area contributed by atoms with Crippen molar-refractivity contribution in [1.29, 1.82) is 0 Å². The number of pyridine rings is 1. The van der Waals surface area contributed by atoms with Crippen LogP contribution in [0.2, 0.25) is 0 Å². The number of alkyl halides is 1. The Balaban J connectivity index is 1.43. The second-order valence-electron chi connectivity index (χ2n) is 7.43. The van der Waals surface area contributed by atoms with Gasteiger partial charge in [0.15, 0.2) is 0 Å². The van der Waals surface area contributed by atoms with Crippen LogP contribution < -0.4 is 5.32 Å². The van der Waals surface area contributed by atoms with Crippen molar-refractivity contribution in [2.24, 2.45) is 0 Å². The number of nitrogens with one attached hydrogen (secondary N) is 1. The molecule has 1 aliphatic heterocycles. The molecule has 1 aromatic heterocycles. The number of likely N-dealkylation sites (tertiary alicyclic amines) is 1. The number of hydrogen-bond acceptors (Lipinski definition) is 3. The third kappa shape index (κ3) is 3.78. The van der Waals surface area contributed by atoms with Crippen LogP contribution in [0.3, 0.4) is 0 Å². The normalized spacial score (nSPS) is 23.2. The van der Waals surface area contributed by atoms with Gasteiger partial charge < -0.3 is 5.32 Å². The number of amides is 1. The zero-order valence-corrected chi connectivity index (χ0v) is 15.0. The van der Waals surface area contributed by atoms with Gasteiger partial charge in [-0.2, -0.15) is 0 Å². The Kier molecular flexibility index (Phi) is 4.72. The second kappa shape index (κ2) is 7.16. The zero-order chi connectivity index (χ0) is 18.1. The van der Waals surface area contributed by atoms with Gasteiger partial charge in [0.1, 0.15) is 6.17 Å². The van der Waals surface area contributed by atoms with Crippen molar-refractivity contribution < 1.29 is 9.18 Å². The minimum absolute atomic E-state index is 0.141. The Bertz CT molecular complexity index is 788. The predicted molar refractivity (Wildman–Crippen MR) is 99.7 cm³/mol. The number of carbonyl (C=O) groups excluding carboxylic acids is 1. The van der Waals surface area contributed by atoms with Crippen LogP contribution in [0.1, 0.15) is 42.0 Å². The van der Waals surface area contributed by atoms with E-state index in [1.165, 1.54) is 18.4 Å². The maximum absolute atomic E-state index is 14.0. The minimum Gasteiger partial charge on any atom is -0.325 e. The molecule has 1 N–H and O–H groups in total. The Hall–Kier alpha value is -2.27. The first-order valence-corrected chi connectivity index (χ1v) is 9.29. The highest BCUT2D eigenvalue weighted by Crippen LogP contribution is 2.40. The van der Waals surface area contributed by atoms with Crippen LogP contribution in [-0.4, -0.2) is 34.5 Å². The number of hydrogen-bond donors (Lipinski definition) is 1. The molecule has 1 amide bonds. The van der Waals surface area contributed by atoms with Crippen LogP contribution >= 0.6 is 0 Å². The minimum atomic E-state index is -0.980. The van der Waals surface area contributed by atoms with Gasteiger partial charge in [0.2, 0.25) is 5.91 Å². The van der Waals surface area contributed by atoms with E-state index < -0.39 is 12.2 Å². The van der Waals surface area contributed by atoms with E-state index in [-0.39, 0.29) is 18.9 Å². The predicted octanol–water partition coefficient (Wildman–Crippen LogP) is 3.82. The average Bonchev–Trinajstić information content (AvgIpc) is 3.41. The largest absolute Gasteiger partial charge is 0.325 e. The summed E-state index contributed by atoms with van der Waals surface area (Å²) >= 11 is 0. The molecular formula is C21H24FN3O. The molecule has 1 aliphatic carbocycles. The van der Waals surface area contributed by atoms with Gasteiger partial charge in [0, 0.05) is 31.4 Å². The van der Waals surface area contributed by atoms with Crippen molar-refractivity contribution in [3.63, 3.8) is 0 Å². The maximum Gasteiger partial charge on any atom is 0.241 e. The summed E-state index contributed by atoms with van der Waals surface area (Å²) in [5.41, 5.74) is 4.06. The van der Waals surface area contributed by atoms with Crippen LogP contribution in [0.4, 0.5) is 10.1 Å². The van der Waals surface area contributed by atoms with E-state index in [1.807, 2.05) is 36.1 Å². The van der Waals surface area contributed by atoms with Crippen molar-refractivity contribution in [3.05, 3.63) is 59.4 Å². The third-order valence-electron chi connectivity index (χ3n) is 5.35. The van der Waals surface area contributed by atoms with Gasteiger partial charge in [-0.15, -0.1) is 0 Å². The molecule has 0 spiro atoms. The Morgan fingerprint density at radius 2 is 2.04 bits per heavy atom. The fourth-order valence-corrected chi connectivity index (χ4v) is 3.65. The molecule has 4 rings (SSSR count). The van der Waals surface area contributed by atoms with E-state index in [0.717, 1.165) is 16.9 Å². The number of aromatic nitrogens is 1. The molecule has 2 heterocycles. The van der Waals surface area contributed by atoms with Crippen molar-refractivity contribution >= 4 is 11.6 Å². The average molecular weight is 353 g/mol. The summed E-state index contributed by atoms with van der Waals surface area (Å²) in [7, 11) is 0. The number of carbonyl (C=O) groups is 1. The summed E-state index contributed by atoms with van der Waals surface area (Å²) < 4.78 is 14.0. The van der Waals surface area contributed by atoms with Crippen LogP contribution in [0.5, 0.6) is 0 Å². The molecule has 0 bridgehead atoms. The summed E-state index contributed by atoms with van der Waals surface area (Å²) in [6.45, 7) is 2.75. The lowest BCUT2D eigenvalue weighted by atomic mass is 10.1. The highest BCUT2D eigenvalue weighted by Gasteiger charge is 2.37. The number of anilines is 1. The number of aryl methyl sites for hydroxylation is 1. The Labute approximate surface area is 153 Å². The molecule has 1 aromatic carbocycles. The Morgan fingerprint density at radius 1 is 1.27 bits per heavy atom. The maximum atomic E-state index is 14.0. The van der Waals surface area contributed by atoms with Crippen LogP contribution in [0, 0.1) is 6.92 Å². The van der Waals surface area contributed by atoms with Gasteiger partial charge in [0.25, 0.3) is 0 Å². The van der Waals surface area contributed by atoms with Gasteiger partial charge in [0.05, 0.1) is 11.7 Å². The number of halogens is 1. The van der Waals surface area contributed by atoms with Crippen molar-refractivity contribution in [2.45, 2.75) is 50.9 Å². The van der Waals surface area contributed by atoms with E-state index in [2.05, 4.69) is 22.4 Å². The molecule has 2 aromatic rings. The number of benzene rings is 1. The zero-order valence-electron chi connectivity index (χ0n) is 15.0. The first-order valence-electron chi connectivity index (χ1n) is 9.29. The highest BCUT2D eigenvalue weighted by molar-refractivity contribution is 5.95. The number of rotatable bonds is 5. The lowest BCUT2D eigenvalue weighted by Crippen LogP contribution is -2.39. The fourth-order valence-electron chi connectivity index (χ4n) is 3.65. The standard InChI is InChI=1S/C21H24FN3O/c1-14-3-2-10-23-19(14)13-25-12-17(22)11-20(25)21(26)24-18-8-6-16(7-9-18)15-4-5-15/h2-3,6-10,15,17,20H,4-5,11-13H2,1H3,(H,24,26)/t17-,20+/m0/s1. The van der Waals surface area contributed by atoms with Crippen LogP contribution in [0.15, 0.2) is 42.6 Å². The quantitative estimate of drug-likeness (QED) is 0.889. The van der Waals surface area contributed by atoms with E-state index in [0.29, 0.717) is 12.5 Å². The highest BCUT2D eigenvalue weighted by atomic mass is 19.1. The van der Waals surface area contributed by atoms with E-state index in [1.54, 1.807) is 6.20 Å². The van der Waals surface area contributed by atoms with Gasteiger partial charge >= 0.3 is 0 Å². The van der Waals surface area contributed by atoms with Gasteiger partial charge in [-0.25, -0.2) is 4.39 Å². The third-order valence-corrected chi connectivity index (χ3v) is 5.35. The first kappa shape index (κ1) is 17.2. The summed E-state index contributed by atoms with van der Waals surface area (Å²) in [5, 5.41) is 2.95. The number of nitrogens with zero attached hydrogens (tertiary/aromatic N) is 2. The summed E-state index contributed by atoms with van der Waals surface area (Å²) in [5.74, 6) is 0.553. The molecule has 26 heavy (non-hydrogen) atoms. The monoisotopic (exact) mass is 353 g/mol. The summed E-state index contributed by atoms with van der Waals surface area (Å²) in [6.07, 6.45) is 3.51. The molecule has 1 saturated heterocycles. The smallest absolute Gasteiger partial charge is 0.241 e. The fraction of sp³-hybridized carbons (Fsp3) is 0.429. The van der Waals surface area contributed by atoms with Gasteiger partial charge in [-0.3, -0.25) is 14.7 Å². The molecular weight excluding hydrogens is 329 g/mol. The summed E-state index contributed by atoms with van der Waals surface area (Å²) in [6, 6.07) is 11.5. The molecule has 1 saturated carbocycles. The van der Waals surface area contributed by atoms with Crippen LogP contribution in [0.25, 0.3) is 0 Å². The SMILES string of the molecule is Cc1cccnc1CN1C[C@@H](F)C[C@@H]1C(=O)Nc1ccc(C2CC2)cc1. The van der Waals surface area contributed by atoms with E-state index in [9.17, 15) is 9.18 Å². The molecule has 4 nitrogen and oxygen atoms in total. The van der Waals surface area contributed by atoms with Gasteiger partial charge in [-0.1, -0.05) is 18.2 Å². The Morgan fingerprint density at radius 3 is 2.73 bits per heavy atom. The lowest BCUT2D eigenvalue weighted by molar-refractivity contribution is -0.120. The first-order chi connectivity index (χ1) is 12.6. The molecule has 0 unspecified atom stereocenters. The summed E-state index contributed by atoms with van der Waals surface area (Å²) in [4.78, 5) is 19.0. The van der Waals surface area contributed by atoms with Crippen molar-refractivity contribution in [1.82, 2.24) is 9.88 Å². The van der Waals surface area contributed by atoms with Gasteiger partial charge in [-0.05, 0) is 55.0 Å². The molecule has 2 atom stereocenters. The van der Waals surface area contributed by atoms with E-state index in [4.69, 9.17) is 0 Å². The lowest BCUT2D eigenvalue weighted by Gasteiger charge is -2.23. The van der Waals surface area contributed by atoms with Crippen LogP contribution in [-0.2, 0) is 11.3 Å². The van der Waals surface area contributed by atoms with E-state index >= 15 is 0 Å².